The van der Waals surface area contributed by atoms with E-state index in [1.54, 1.807) is 0 Å². The molecule has 0 spiro atoms. The molecule has 1 rings (SSSR count). The number of nitrogens with two attached hydrogens (primary N) is 1. The summed E-state index contributed by atoms with van der Waals surface area (Å²) in [5.74, 6) is 0. The van der Waals surface area contributed by atoms with Crippen molar-refractivity contribution in [3.8, 4) is 0 Å². The van der Waals surface area contributed by atoms with E-state index in [1.807, 2.05) is 11.3 Å². The van der Waals surface area contributed by atoms with Gasteiger partial charge in [0, 0.05) is 16.5 Å². The highest BCUT2D eigenvalue weighted by molar-refractivity contribution is 7.09. The second kappa shape index (κ2) is 8.03. The summed E-state index contributed by atoms with van der Waals surface area (Å²) in [5, 5.41) is 2.15. The maximum atomic E-state index is 6.61. The highest BCUT2D eigenvalue weighted by Gasteiger charge is 2.37. The van der Waals surface area contributed by atoms with Gasteiger partial charge in [0.05, 0.1) is 0 Å². The Morgan fingerprint density at radius 2 is 1.84 bits per heavy atom. The first-order chi connectivity index (χ1) is 9.14. The summed E-state index contributed by atoms with van der Waals surface area (Å²) in [5.41, 5.74) is 6.77. The van der Waals surface area contributed by atoms with Gasteiger partial charge in [-0.2, -0.15) is 0 Å². The lowest BCUT2D eigenvalue weighted by molar-refractivity contribution is 0.0601. The summed E-state index contributed by atoms with van der Waals surface area (Å²) >= 11 is 1.84. The first-order valence-corrected chi connectivity index (χ1v) is 8.55. The van der Waals surface area contributed by atoms with Crippen molar-refractivity contribution in [2.24, 2.45) is 5.73 Å². The lowest BCUT2D eigenvalue weighted by Gasteiger charge is -2.46. The zero-order valence-corrected chi connectivity index (χ0v) is 13.8. The topological polar surface area (TPSA) is 29.3 Å². The van der Waals surface area contributed by atoms with Crippen molar-refractivity contribution < 1.29 is 0 Å². The highest BCUT2D eigenvalue weighted by atomic mass is 32.1. The van der Waals surface area contributed by atoms with Crippen LogP contribution >= 0.6 is 11.3 Å². The SMILES string of the molecule is CCN(CC)C(CC)(CC)C(N)CCc1cccs1. The van der Waals surface area contributed by atoms with E-state index in [1.165, 1.54) is 4.88 Å². The monoisotopic (exact) mass is 282 g/mol. The summed E-state index contributed by atoms with van der Waals surface area (Å²) in [6.07, 6.45) is 4.47. The zero-order valence-electron chi connectivity index (χ0n) is 13.0. The van der Waals surface area contributed by atoms with Gasteiger partial charge in [0.25, 0.3) is 0 Å². The van der Waals surface area contributed by atoms with Crippen LogP contribution in [0.5, 0.6) is 0 Å². The molecule has 0 radical (unpaired) electrons. The maximum Gasteiger partial charge on any atom is 0.0355 e. The molecule has 2 nitrogen and oxygen atoms in total. The quantitative estimate of drug-likeness (QED) is 0.744. The Hall–Kier alpha value is -0.380. The van der Waals surface area contributed by atoms with Crippen LogP contribution in [0.25, 0.3) is 0 Å². The number of rotatable bonds is 9. The van der Waals surface area contributed by atoms with Crippen LogP contribution in [0.3, 0.4) is 0 Å². The predicted molar refractivity (Wildman–Crippen MR) is 86.8 cm³/mol. The van der Waals surface area contributed by atoms with E-state index in [2.05, 4.69) is 50.1 Å². The van der Waals surface area contributed by atoms with Crippen molar-refractivity contribution in [2.75, 3.05) is 13.1 Å². The molecule has 0 aliphatic rings. The first-order valence-electron chi connectivity index (χ1n) is 7.67. The fourth-order valence-electron chi connectivity index (χ4n) is 3.33. The van der Waals surface area contributed by atoms with Gasteiger partial charge in [-0.25, -0.2) is 0 Å². The van der Waals surface area contributed by atoms with Gasteiger partial charge in [-0.05, 0) is 50.2 Å². The normalized spacial score (nSPS) is 14.0. The van der Waals surface area contributed by atoms with E-state index in [0.717, 1.165) is 38.8 Å². The molecule has 19 heavy (non-hydrogen) atoms. The third-order valence-corrected chi connectivity index (χ3v) is 5.53. The van der Waals surface area contributed by atoms with Gasteiger partial charge < -0.3 is 5.73 Å². The Bertz CT molecular complexity index is 327. The van der Waals surface area contributed by atoms with Gasteiger partial charge in [0.1, 0.15) is 0 Å². The minimum atomic E-state index is 0.167. The van der Waals surface area contributed by atoms with Gasteiger partial charge in [0.15, 0.2) is 0 Å². The van der Waals surface area contributed by atoms with Crippen molar-refractivity contribution in [3.05, 3.63) is 22.4 Å². The molecular formula is C16H30N2S. The predicted octanol–water partition coefficient (Wildman–Crippen LogP) is 3.91. The van der Waals surface area contributed by atoms with Crippen LogP contribution in [0.1, 0.15) is 51.8 Å². The second-order valence-corrected chi connectivity index (χ2v) is 6.24. The van der Waals surface area contributed by atoms with Crippen LogP contribution in [0, 0.1) is 0 Å². The molecule has 110 valence electrons. The van der Waals surface area contributed by atoms with Gasteiger partial charge in [0.2, 0.25) is 0 Å². The number of thiophene rings is 1. The number of likely N-dealkylation sites (N-methyl/N-ethyl adjacent to an activating group) is 1. The van der Waals surface area contributed by atoms with E-state index < -0.39 is 0 Å². The van der Waals surface area contributed by atoms with E-state index in [9.17, 15) is 0 Å². The number of hydrogen-bond acceptors (Lipinski definition) is 3. The lowest BCUT2D eigenvalue weighted by Crippen LogP contribution is -2.59. The minimum Gasteiger partial charge on any atom is -0.326 e. The molecule has 0 saturated heterocycles. The van der Waals surface area contributed by atoms with E-state index in [0.29, 0.717) is 0 Å². The number of aryl methyl sites for hydroxylation is 1. The van der Waals surface area contributed by atoms with Crippen molar-refractivity contribution in [1.29, 1.82) is 0 Å². The van der Waals surface area contributed by atoms with Crippen molar-refractivity contribution in [1.82, 2.24) is 4.90 Å². The Morgan fingerprint density at radius 1 is 1.21 bits per heavy atom. The molecule has 1 atom stereocenters. The van der Waals surface area contributed by atoms with E-state index >= 15 is 0 Å². The molecule has 0 amide bonds. The largest absolute Gasteiger partial charge is 0.326 e. The maximum absolute atomic E-state index is 6.61. The molecule has 1 heterocycles. The molecular weight excluding hydrogens is 252 g/mol. The molecule has 0 fully saturated rings. The molecule has 0 bridgehead atoms. The molecule has 1 unspecified atom stereocenters. The molecule has 0 aliphatic carbocycles. The average molecular weight is 282 g/mol. The molecule has 2 N–H and O–H groups in total. The lowest BCUT2D eigenvalue weighted by atomic mass is 9.80. The fraction of sp³-hybridized carbons (Fsp3) is 0.750. The zero-order chi connectivity index (χ0) is 14.3. The Morgan fingerprint density at radius 3 is 2.26 bits per heavy atom. The Kier molecular flexibility index (Phi) is 7.05. The van der Waals surface area contributed by atoms with Gasteiger partial charge in [-0.1, -0.05) is 33.8 Å². The standard InChI is InChI=1S/C16H30N2S/c1-5-16(6-2,18(7-3)8-4)15(17)12-11-14-10-9-13-19-14/h9-10,13,15H,5-8,11-12,17H2,1-4H3. The van der Waals surface area contributed by atoms with Crippen LogP contribution in [0.4, 0.5) is 0 Å². The minimum absolute atomic E-state index is 0.167. The molecule has 1 aromatic rings. The Balaban J connectivity index is 2.73. The fourth-order valence-corrected chi connectivity index (χ4v) is 4.06. The third-order valence-electron chi connectivity index (χ3n) is 4.59. The van der Waals surface area contributed by atoms with Crippen molar-refractivity contribution >= 4 is 11.3 Å². The molecule has 0 aromatic carbocycles. The van der Waals surface area contributed by atoms with Gasteiger partial charge >= 0.3 is 0 Å². The smallest absolute Gasteiger partial charge is 0.0355 e. The summed E-state index contributed by atoms with van der Waals surface area (Å²) in [6.45, 7) is 11.2. The molecule has 0 saturated carbocycles. The molecule has 1 aromatic heterocycles. The van der Waals surface area contributed by atoms with Crippen molar-refractivity contribution in [2.45, 2.75) is 65.0 Å². The van der Waals surface area contributed by atoms with Crippen LogP contribution < -0.4 is 5.73 Å². The van der Waals surface area contributed by atoms with Crippen LogP contribution in [-0.4, -0.2) is 29.6 Å². The average Bonchev–Trinajstić information content (AvgIpc) is 2.95. The third kappa shape index (κ3) is 3.80. The van der Waals surface area contributed by atoms with Gasteiger partial charge in [-0.15, -0.1) is 11.3 Å². The Labute approximate surface area is 123 Å². The number of hydrogen-bond donors (Lipinski definition) is 1. The molecule has 3 heteroatoms. The van der Waals surface area contributed by atoms with Crippen LogP contribution in [-0.2, 0) is 6.42 Å². The summed E-state index contributed by atoms with van der Waals surface area (Å²) in [6, 6.07) is 4.60. The summed E-state index contributed by atoms with van der Waals surface area (Å²) in [4.78, 5) is 4.02. The van der Waals surface area contributed by atoms with Crippen molar-refractivity contribution in [3.63, 3.8) is 0 Å². The highest BCUT2D eigenvalue weighted by Crippen LogP contribution is 2.29. The summed E-state index contributed by atoms with van der Waals surface area (Å²) in [7, 11) is 0. The summed E-state index contributed by atoms with van der Waals surface area (Å²) < 4.78 is 0. The van der Waals surface area contributed by atoms with E-state index in [4.69, 9.17) is 5.73 Å². The number of nitrogens with zero attached hydrogens (tertiary/aromatic N) is 1. The van der Waals surface area contributed by atoms with E-state index in [-0.39, 0.29) is 11.6 Å². The first kappa shape index (κ1) is 16.7. The second-order valence-electron chi connectivity index (χ2n) is 5.21. The molecule has 0 aliphatic heterocycles. The van der Waals surface area contributed by atoms with Gasteiger partial charge in [-0.3, -0.25) is 4.90 Å². The van der Waals surface area contributed by atoms with Crippen LogP contribution in [0.2, 0.25) is 0 Å². The van der Waals surface area contributed by atoms with Crippen LogP contribution in [0.15, 0.2) is 17.5 Å².